The Balaban J connectivity index is 1.63. The maximum Gasteiger partial charge on any atom is 0.255 e. The van der Waals surface area contributed by atoms with Gasteiger partial charge in [-0.25, -0.2) is 0 Å². The van der Waals surface area contributed by atoms with Gasteiger partial charge < -0.3 is 14.6 Å². The van der Waals surface area contributed by atoms with Crippen LogP contribution < -0.4 is 10.1 Å². The molecule has 142 valence electrons. The lowest BCUT2D eigenvalue weighted by Crippen LogP contribution is -2.12. The minimum atomic E-state index is -0.130. The highest BCUT2D eigenvalue weighted by atomic mass is 16.5. The molecule has 0 bridgehead atoms. The minimum Gasteiger partial charge on any atom is -0.491 e. The summed E-state index contributed by atoms with van der Waals surface area (Å²) in [6.45, 7) is 7.01. The zero-order chi connectivity index (χ0) is 19.7. The molecule has 0 unspecified atom stereocenters. The smallest absolute Gasteiger partial charge is 0.255 e. The first-order valence-corrected chi connectivity index (χ1v) is 9.66. The molecule has 0 fully saturated rings. The van der Waals surface area contributed by atoms with Gasteiger partial charge >= 0.3 is 0 Å². The molecule has 0 aliphatic carbocycles. The molecule has 4 heteroatoms. The number of nitrogens with one attached hydrogen (secondary N) is 1. The van der Waals surface area contributed by atoms with Gasteiger partial charge in [-0.2, -0.15) is 0 Å². The standard InChI is InChI=1S/C24H24N2O2/c1-4-26-22-8-6-5-7-20(22)21-15-18(11-14-23(21)26)25-24(27)17-9-12-19(13-10-17)28-16(2)3/h5-16H,4H2,1-3H3,(H,25,27). The number of ether oxygens (including phenoxy) is 1. The van der Waals surface area contributed by atoms with Gasteiger partial charge in [0.1, 0.15) is 5.75 Å². The minimum absolute atomic E-state index is 0.108. The van der Waals surface area contributed by atoms with Crippen molar-refractivity contribution < 1.29 is 9.53 Å². The van der Waals surface area contributed by atoms with Crippen LogP contribution in [0.2, 0.25) is 0 Å². The number of para-hydroxylation sites is 1. The number of carbonyl (C=O) groups is 1. The molecular formula is C24H24N2O2. The van der Waals surface area contributed by atoms with E-state index in [9.17, 15) is 4.79 Å². The average molecular weight is 372 g/mol. The number of hydrogen-bond acceptors (Lipinski definition) is 2. The number of fused-ring (bicyclic) bond motifs is 3. The van der Waals surface area contributed by atoms with Gasteiger partial charge in [-0.15, -0.1) is 0 Å². The fourth-order valence-corrected chi connectivity index (χ4v) is 3.63. The van der Waals surface area contributed by atoms with E-state index in [-0.39, 0.29) is 12.0 Å². The summed E-state index contributed by atoms with van der Waals surface area (Å²) < 4.78 is 7.93. The third-order valence-electron chi connectivity index (χ3n) is 4.83. The highest BCUT2D eigenvalue weighted by Gasteiger charge is 2.12. The van der Waals surface area contributed by atoms with Crippen LogP contribution in [0.3, 0.4) is 0 Å². The largest absolute Gasteiger partial charge is 0.491 e. The van der Waals surface area contributed by atoms with Gasteiger partial charge in [0.05, 0.1) is 6.10 Å². The maximum atomic E-state index is 12.7. The third-order valence-corrected chi connectivity index (χ3v) is 4.83. The van der Waals surface area contributed by atoms with E-state index in [1.54, 1.807) is 12.1 Å². The monoisotopic (exact) mass is 372 g/mol. The van der Waals surface area contributed by atoms with Crippen LogP contribution in [0.4, 0.5) is 5.69 Å². The first-order chi connectivity index (χ1) is 13.6. The summed E-state index contributed by atoms with van der Waals surface area (Å²) in [5.41, 5.74) is 3.78. The van der Waals surface area contributed by atoms with Crippen LogP contribution >= 0.6 is 0 Å². The molecule has 1 heterocycles. The van der Waals surface area contributed by atoms with Gasteiger partial charge in [0.15, 0.2) is 0 Å². The van der Waals surface area contributed by atoms with Crippen LogP contribution in [0.1, 0.15) is 31.1 Å². The van der Waals surface area contributed by atoms with Crippen molar-refractivity contribution in [2.75, 3.05) is 5.32 Å². The number of nitrogens with zero attached hydrogens (tertiary/aromatic N) is 1. The Bertz CT molecular complexity index is 1140. The van der Waals surface area contributed by atoms with Crippen LogP contribution in [0, 0.1) is 0 Å². The number of rotatable bonds is 5. The number of aromatic nitrogens is 1. The van der Waals surface area contributed by atoms with Crippen LogP contribution in [0.25, 0.3) is 21.8 Å². The van der Waals surface area contributed by atoms with Gasteiger partial charge in [-0.1, -0.05) is 18.2 Å². The van der Waals surface area contributed by atoms with Crippen molar-refractivity contribution in [3.8, 4) is 5.75 Å². The fourth-order valence-electron chi connectivity index (χ4n) is 3.63. The van der Waals surface area contributed by atoms with Gasteiger partial charge in [0, 0.05) is 39.6 Å². The van der Waals surface area contributed by atoms with Crippen molar-refractivity contribution >= 4 is 33.4 Å². The second kappa shape index (κ2) is 7.39. The molecule has 3 aromatic carbocycles. The molecule has 4 aromatic rings. The number of hydrogen-bond donors (Lipinski definition) is 1. The Morgan fingerprint density at radius 2 is 1.68 bits per heavy atom. The zero-order valence-corrected chi connectivity index (χ0v) is 16.4. The second-order valence-corrected chi connectivity index (χ2v) is 7.14. The quantitative estimate of drug-likeness (QED) is 0.477. The number of anilines is 1. The average Bonchev–Trinajstić information content (AvgIpc) is 3.01. The fraction of sp³-hybridized carbons (Fsp3) is 0.208. The molecule has 0 saturated carbocycles. The molecule has 1 aromatic heterocycles. The molecule has 0 aliphatic heterocycles. The topological polar surface area (TPSA) is 43.3 Å². The molecule has 4 rings (SSSR count). The summed E-state index contributed by atoms with van der Waals surface area (Å²) in [6.07, 6.45) is 0.108. The number of benzene rings is 3. The second-order valence-electron chi connectivity index (χ2n) is 7.14. The Hall–Kier alpha value is -3.27. The van der Waals surface area contributed by atoms with Crippen molar-refractivity contribution in [3.05, 3.63) is 72.3 Å². The zero-order valence-electron chi connectivity index (χ0n) is 16.4. The van der Waals surface area contributed by atoms with Crippen LogP contribution in [0.5, 0.6) is 5.75 Å². The molecule has 28 heavy (non-hydrogen) atoms. The first-order valence-electron chi connectivity index (χ1n) is 9.66. The molecule has 1 N–H and O–H groups in total. The van der Waals surface area contributed by atoms with E-state index < -0.39 is 0 Å². The Kier molecular flexibility index (Phi) is 4.78. The lowest BCUT2D eigenvalue weighted by Gasteiger charge is -2.10. The summed E-state index contributed by atoms with van der Waals surface area (Å²) >= 11 is 0. The van der Waals surface area contributed by atoms with Crippen molar-refractivity contribution in [3.63, 3.8) is 0 Å². The predicted molar refractivity (Wildman–Crippen MR) is 115 cm³/mol. The van der Waals surface area contributed by atoms with Gasteiger partial charge in [-0.3, -0.25) is 4.79 Å². The van der Waals surface area contributed by atoms with Gasteiger partial charge in [0.25, 0.3) is 5.91 Å². The third kappa shape index (κ3) is 3.33. The van der Waals surface area contributed by atoms with Crippen molar-refractivity contribution in [2.24, 2.45) is 0 Å². The van der Waals surface area contributed by atoms with Crippen LogP contribution in [0.15, 0.2) is 66.7 Å². The molecule has 4 nitrogen and oxygen atoms in total. The molecule has 0 aliphatic rings. The van der Waals surface area contributed by atoms with Crippen molar-refractivity contribution in [1.82, 2.24) is 4.57 Å². The summed E-state index contributed by atoms with van der Waals surface area (Å²) in [7, 11) is 0. The molecule has 0 saturated heterocycles. The first kappa shape index (κ1) is 18.1. The van der Waals surface area contributed by atoms with Crippen molar-refractivity contribution in [2.45, 2.75) is 33.4 Å². The Labute approximate surface area is 164 Å². The summed E-state index contributed by atoms with van der Waals surface area (Å²) in [5, 5.41) is 5.36. The maximum absolute atomic E-state index is 12.7. The Morgan fingerprint density at radius 1 is 0.964 bits per heavy atom. The normalized spacial score (nSPS) is 11.3. The van der Waals surface area contributed by atoms with Crippen molar-refractivity contribution in [1.29, 1.82) is 0 Å². The van der Waals surface area contributed by atoms with E-state index in [1.165, 1.54) is 16.4 Å². The number of amides is 1. The van der Waals surface area contributed by atoms with E-state index in [1.807, 2.05) is 38.1 Å². The predicted octanol–water partition coefficient (Wildman–Crippen LogP) is 5.85. The summed E-state index contributed by atoms with van der Waals surface area (Å²) in [5.74, 6) is 0.634. The van der Waals surface area contributed by atoms with E-state index >= 15 is 0 Å². The Morgan fingerprint density at radius 3 is 2.39 bits per heavy atom. The lowest BCUT2D eigenvalue weighted by atomic mass is 10.1. The lowest BCUT2D eigenvalue weighted by molar-refractivity contribution is 0.102. The van der Waals surface area contributed by atoms with Crippen LogP contribution in [-0.2, 0) is 6.54 Å². The SMILES string of the molecule is CCn1c2ccccc2c2cc(NC(=O)c3ccc(OC(C)C)cc3)ccc21. The highest BCUT2D eigenvalue weighted by Crippen LogP contribution is 2.31. The molecule has 0 radical (unpaired) electrons. The highest BCUT2D eigenvalue weighted by molar-refractivity contribution is 6.11. The summed E-state index contributed by atoms with van der Waals surface area (Å²) in [6, 6.07) is 21.7. The van der Waals surface area contributed by atoms with E-state index in [4.69, 9.17) is 4.74 Å². The van der Waals surface area contributed by atoms with Gasteiger partial charge in [-0.05, 0) is 69.3 Å². The molecule has 0 atom stereocenters. The number of carbonyl (C=O) groups excluding carboxylic acids is 1. The molecule has 1 amide bonds. The summed E-state index contributed by atoms with van der Waals surface area (Å²) in [4.78, 5) is 12.7. The number of aryl methyl sites for hydroxylation is 1. The van der Waals surface area contributed by atoms with E-state index in [0.29, 0.717) is 5.56 Å². The molecular weight excluding hydrogens is 348 g/mol. The van der Waals surface area contributed by atoms with E-state index in [2.05, 4.69) is 47.1 Å². The van der Waals surface area contributed by atoms with Crippen LogP contribution in [-0.4, -0.2) is 16.6 Å². The van der Waals surface area contributed by atoms with E-state index in [0.717, 1.165) is 23.4 Å². The molecule has 0 spiro atoms. The van der Waals surface area contributed by atoms with Gasteiger partial charge in [0.2, 0.25) is 0 Å².